The van der Waals surface area contributed by atoms with E-state index in [2.05, 4.69) is 29.2 Å². The summed E-state index contributed by atoms with van der Waals surface area (Å²) in [5.74, 6) is 0.556. The predicted molar refractivity (Wildman–Crippen MR) is 102 cm³/mol. The molecule has 26 heavy (non-hydrogen) atoms. The third-order valence-electron chi connectivity index (χ3n) is 4.10. The fraction of sp³-hybridized carbons (Fsp3) is 0.143. The highest BCUT2D eigenvalue weighted by Gasteiger charge is 2.07. The third-order valence-corrected chi connectivity index (χ3v) is 4.10. The minimum Gasteiger partial charge on any atom is -0.439 e. The van der Waals surface area contributed by atoms with Gasteiger partial charge in [0.2, 0.25) is 11.8 Å². The molecule has 132 valence electrons. The van der Waals surface area contributed by atoms with Gasteiger partial charge in [0.1, 0.15) is 5.75 Å². The summed E-state index contributed by atoms with van der Waals surface area (Å²) in [5.41, 5.74) is 15.4. The van der Waals surface area contributed by atoms with Gasteiger partial charge >= 0.3 is 0 Å². The van der Waals surface area contributed by atoms with Gasteiger partial charge in [0.05, 0.1) is 5.56 Å². The van der Waals surface area contributed by atoms with Crippen LogP contribution >= 0.6 is 0 Å². The molecule has 2 aromatic rings. The van der Waals surface area contributed by atoms with E-state index in [0.29, 0.717) is 17.2 Å². The lowest BCUT2D eigenvalue weighted by Crippen LogP contribution is -2.10. The lowest BCUT2D eigenvalue weighted by molar-refractivity contribution is 0.1000. The molecule has 1 aromatic carbocycles. The molecule has 4 N–H and O–H groups in total. The Morgan fingerprint density at radius 2 is 1.77 bits per heavy atom. The number of amides is 1. The maximum absolute atomic E-state index is 10.9. The zero-order valence-electron chi connectivity index (χ0n) is 14.6. The summed E-state index contributed by atoms with van der Waals surface area (Å²) < 4.78 is 5.58. The van der Waals surface area contributed by atoms with Crippen LogP contribution in [0.4, 0.5) is 0 Å². The highest BCUT2D eigenvalue weighted by Crippen LogP contribution is 2.32. The molecular formula is C21H21N3O2. The van der Waals surface area contributed by atoms with Crippen LogP contribution in [0.3, 0.4) is 0 Å². The van der Waals surface area contributed by atoms with Gasteiger partial charge in [-0.05, 0) is 47.4 Å². The lowest BCUT2D eigenvalue weighted by atomic mass is 10.1. The van der Waals surface area contributed by atoms with Crippen LogP contribution in [-0.4, -0.2) is 10.9 Å². The number of benzene rings is 2. The van der Waals surface area contributed by atoms with Crippen LogP contribution in [0, 0.1) is 0 Å². The standard InChI is InChI=1S/C15H17N3O2.C6H4/c1-2-13(16)10-3-6-12(7-4-10)20-14-8-5-11(9-18-14)15(17)19;1-2-5-4-6(5)3-1/h3-9,13H,2,16H2,1H3,(H2,17,19);1-4H. The molecule has 2 aliphatic rings. The van der Waals surface area contributed by atoms with Gasteiger partial charge in [-0.2, -0.15) is 0 Å². The van der Waals surface area contributed by atoms with E-state index in [9.17, 15) is 4.79 Å². The Bertz CT molecular complexity index is 873. The summed E-state index contributed by atoms with van der Waals surface area (Å²) in [5, 5.41) is 0. The van der Waals surface area contributed by atoms with Gasteiger partial charge in [0, 0.05) is 18.3 Å². The topological polar surface area (TPSA) is 91.2 Å². The molecule has 1 amide bonds. The molecule has 0 fully saturated rings. The van der Waals surface area contributed by atoms with Gasteiger partial charge in [-0.15, -0.1) is 0 Å². The predicted octanol–water partition coefficient (Wildman–Crippen LogP) is 4.05. The number of ether oxygens (including phenoxy) is 1. The number of fused-ring (bicyclic) bond motifs is 1. The number of nitrogens with zero attached hydrogens (tertiary/aromatic N) is 1. The first-order valence-electron chi connectivity index (χ1n) is 8.46. The minimum absolute atomic E-state index is 0.0389. The summed E-state index contributed by atoms with van der Waals surface area (Å²) in [4.78, 5) is 15.0. The molecule has 4 rings (SSSR count). The molecule has 1 unspecified atom stereocenters. The Labute approximate surface area is 152 Å². The highest BCUT2D eigenvalue weighted by molar-refractivity contribution is 5.92. The summed E-state index contributed by atoms with van der Waals surface area (Å²) in [6.45, 7) is 2.04. The number of carbonyl (C=O) groups excluding carboxylic acids is 1. The molecule has 1 aromatic heterocycles. The van der Waals surface area contributed by atoms with Gasteiger partial charge in [-0.1, -0.05) is 37.3 Å². The number of aromatic nitrogens is 1. The van der Waals surface area contributed by atoms with Crippen molar-refractivity contribution in [2.75, 3.05) is 0 Å². The largest absolute Gasteiger partial charge is 0.439 e. The SMILES string of the molecule is CCC(N)c1ccc(Oc2ccc(C(N)=O)cn2)cc1.c1cc2cc-2c1. The summed E-state index contributed by atoms with van der Waals surface area (Å²) in [7, 11) is 0. The maximum atomic E-state index is 10.9. The quantitative estimate of drug-likeness (QED) is 0.570. The summed E-state index contributed by atoms with van der Waals surface area (Å²) in [6.07, 6.45) is 2.27. The molecule has 2 aliphatic carbocycles. The number of nitrogens with two attached hydrogens (primary N) is 2. The van der Waals surface area contributed by atoms with E-state index in [1.165, 1.54) is 17.3 Å². The van der Waals surface area contributed by atoms with Crippen molar-refractivity contribution in [2.45, 2.75) is 19.4 Å². The molecule has 1 atom stereocenters. The van der Waals surface area contributed by atoms with Crippen molar-refractivity contribution < 1.29 is 9.53 Å². The normalized spacial score (nSPS) is 11.8. The number of rotatable bonds is 5. The Balaban J connectivity index is 0.000000269. The van der Waals surface area contributed by atoms with E-state index in [4.69, 9.17) is 16.2 Å². The van der Waals surface area contributed by atoms with Crippen molar-refractivity contribution in [3.8, 4) is 22.8 Å². The molecule has 5 heteroatoms. The van der Waals surface area contributed by atoms with Gasteiger partial charge in [-0.3, -0.25) is 4.79 Å². The Kier molecular flexibility index (Phi) is 5.29. The van der Waals surface area contributed by atoms with Crippen LogP contribution in [0.15, 0.2) is 66.9 Å². The average Bonchev–Trinajstić information content (AvgIpc) is 3.27. The molecule has 0 saturated heterocycles. The second-order valence-electron chi connectivity index (χ2n) is 6.02. The molecule has 0 bridgehead atoms. The Morgan fingerprint density at radius 1 is 1.08 bits per heavy atom. The van der Waals surface area contributed by atoms with Crippen LogP contribution in [-0.2, 0) is 0 Å². The van der Waals surface area contributed by atoms with E-state index >= 15 is 0 Å². The first kappa shape index (κ1) is 17.6. The summed E-state index contributed by atoms with van der Waals surface area (Å²) in [6, 6.07) is 19.2. The number of hydrogen-bond acceptors (Lipinski definition) is 4. The molecule has 0 saturated carbocycles. The zero-order chi connectivity index (χ0) is 18.5. The molecule has 0 radical (unpaired) electrons. The van der Waals surface area contributed by atoms with Crippen LogP contribution in [0.5, 0.6) is 11.6 Å². The van der Waals surface area contributed by atoms with Crippen LogP contribution in [0.2, 0.25) is 0 Å². The van der Waals surface area contributed by atoms with E-state index in [0.717, 1.165) is 12.0 Å². The molecule has 0 spiro atoms. The summed E-state index contributed by atoms with van der Waals surface area (Å²) >= 11 is 0. The Morgan fingerprint density at radius 3 is 2.19 bits per heavy atom. The van der Waals surface area contributed by atoms with Crippen LogP contribution in [0.25, 0.3) is 11.1 Å². The minimum atomic E-state index is -0.512. The molecule has 0 aliphatic heterocycles. The van der Waals surface area contributed by atoms with Crippen LogP contribution < -0.4 is 16.2 Å². The van der Waals surface area contributed by atoms with Crippen molar-refractivity contribution in [3.05, 3.63) is 78.0 Å². The van der Waals surface area contributed by atoms with E-state index < -0.39 is 5.91 Å². The molecule has 1 heterocycles. The van der Waals surface area contributed by atoms with E-state index in [-0.39, 0.29) is 6.04 Å². The van der Waals surface area contributed by atoms with Gasteiger partial charge in [0.15, 0.2) is 0 Å². The number of primary amides is 1. The Hall–Kier alpha value is -3.18. The highest BCUT2D eigenvalue weighted by atomic mass is 16.5. The first-order valence-corrected chi connectivity index (χ1v) is 8.46. The smallest absolute Gasteiger partial charge is 0.250 e. The number of pyridine rings is 1. The monoisotopic (exact) mass is 347 g/mol. The van der Waals surface area contributed by atoms with Crippen LogP contribution in [0.1, 0.15) is 35.3 Å². The molecular weight excluding hydrogens is 326 g/mol. The van der Waals surface area contributed by atoms with Gasteiger partial charge in [-0.25, -0.2) is 4.98 Å². The lowest BCUT2D eigenvalue weighted by Gasteiger charge is -2.10. The first-order chi connectivity index (χ1) is 12.6. The van der Waals surface area contributed by atoms with Crippen molar-refractivity contribution in [2.24, 2.45) is 11.5 Å². The fourth-order valence-electron chi connectivity index (χ4n) is 2.40. The van der Waals surface area contributed by atoms with Gasteiger partial charge in [0.25, 0.3) is 0 Å². The number of carbonyl (C=O) groups is 1. The van der Waals surface area contributed by atoms with E-state index in [1.54, 1.807) is 12.1 Å². The molecule has 5 nitrogen and oxygen atoms in total. The maximum Gasteiger partial charge on any atom is 0.250 e. The number of hydrogen-bond donors (Lipinski definition) is 2. The van der Waals surface area contributed by atoms with Gasteiger partial charge < -0.3 is 16.2 Å². The third kappa shape index (κ3) is 4.46. The zero-order valence-corrected chi connectivity index (χ0v) is 14.6. The second kappa shape index (κ2) is 7.80. The van der Waals surface area contributed by atoms with Crippen molar-refractivity contribution in [1.82, 2.24) is 4.98 Å². The van der Waals surface area contributed by atoms with Crippen molar-refractivity contribution in [1.29, 1.82) is 0 Å². The average molecular weight is 347 g/mol. The fourth-order valence-corrected chi connectivity index (χ4v) is 2.40. The van der Waals surface area contributed by atoms with Crippen molar-refractivity contribution >= 4 is 5.91 Å². The van der Waals surface area contributed by atoms with E-state index in [1.807, 2.05) is 31.2 Å². The van der Waals surface area contributed by atoms with Crippen molar-refractivity contribution in [3.63, 3.8) is 0 Å². The second-order valence-corrected chi connectivity index (χ2v) is 6.02.